The first-order valence-electron chi connectivity index (χ1n) is 13.1. The van der Waals surface area contributed by atoms with Gasteiger partial charge in [0.15, 0.2) is 6.61 Å². The molecule has 5 nitrogen and oxygen atoms in total. The minimum Gasteiger partial charge on any atom is -0.483 e. The summed E-state index contributed by atoms with van der Waals surface area (Å²) < 4.78 is 6.82. The Morgan fingerprint density at radius 3 is 2.38 bits per heavy atom. The van der Waals surface area contributed by atoms with Gasteiger partial charge in [0, 0.05) is 24.5 Å². The Bertz CT molecular complexity index is 1400. The molecule has 0 unspecified atom stereocenters. The molecule has 0 aliphatic carbocycles. The quantitative estimate of drug-likeness (QED) is 0.173. The van der Waals surface area contributed by atoms with Crippen LogP contribution in [0.3, 0.4) is 0 Å². The molecule has 1 atom stereocenters. The molecule has 7 heteroatoms. The minimum absolute atomic E-state index is 0.179. The maximum absolute atomic E-state index is 13.8. The Morgan fingerprint density at radius 1 is 0.923 bits per heavy atom. The minimum atomic E-state index is -0.712. The van der Waals surface area contributed by atoms with Crippen LogP contribution in [0.15, 0.2) is 95.5 Å². The van der Waals surface area contributed by atoms with E-state index in [-0.39, 0.29) is 25.0 Å². The third kappa shape index (κ3) is 7.84. The van der Waals surface area contributed by atoms with Crippen molar-refractivity contribution in [2.24, 2.45) is 0 Å². The molecule has 0 radical (unpaired) electrons. The van der Waals surface area contributed by atoms with Crippen LogP contribution in [0.2, 0.25) is 5.02 Å². The third-order valence-electron chi connectivity index (χ3n) is 6.55. The number of halogens is 2. The number of hydrogen-bond acceptors (Lipinski definition) is 3. The molecule has 0 heterocycles. The molecule has 0 bridgehead atoms. The zero-order valence-electron chi connectivity index (χ0n) is 21.9. The monoisotopic (exact) mass is 606 g/mol. The van der Waals surface area contributed by atoms with E-state index in [0.717, 1.165) is 39.2 Å². The molecule has 0 saturated heterocycles. The van der Waals surface area contributed by atoms with Gasteiger partial charge in [0.1, 0.15) is 11.8 Å². The van der Waals surface area contributed by atoms with Gasteiger partial charge < -0.3 is 15.0 Å². The van der Waals surface area contributed by atoms with Crippen LogP contribution < -0.4 is 10.1 Å². The molecule has 0 saturated carbocycles. The van der Waals surface area contributed by atoms with E-state index in [1.54, 1.807) is 17.0 Å². The number of ether oxygens (including phenoxy) is 1. The van der Waals surface area contributed by atoms with E-state index < -0.39 is 6.04 Å². The first-order chi connectivity index (χ1) is 19.0. The van der Waals surface area contributed by atoms with Crippen molar-refractivity contribution in [2.75, 3.05) is 13.2 Å². The highest BCUT2D eigenvalue weighted by atomic mass is 79.9. The lowest BCUT2D eigenvalue weighted by molar-refractivity contribution is -0.142. The molecular formula is C32H32BrClN2O3. The Labute approximate surface area is 243 Å². The zero-order chi connectivity index (χ0) is 27.6. The fourth-order valence-corrected chi connectivity index (χ4v) is 5.13. The Hall–Kier alpha value is -3.35. The molecule has 1 N–H and O–H groups in total. The van der Waals surface area contributed by atoms with Crippen LogP contribution in [0.25, 0.3) is 10.8 Å². The first-order valence-corrected chi connectivity index (χ1v) is 14.3. The molecule has 0 aliphatic rings. The number of carbonyl (C=O) groups excluding carboxylic acids is 2. The van der Waals surface area contributed by atoms with Gasteiger partial charge >= 0.3 is 0 Å². The van der Waals surface area contributed by atoms with Gasteiger partial charge in [-0.3, -0.25) is 9.59 Å². The van der Waals surface area contributed by atoms with E-state index in [4.69, 9.17) is 16.3 Å². The summed E-state index contributed by atoms with van der Waals surface area (Å²) in [6.45, 7) is 2.67. The molecule has 4 rings (SSSR count). The molecule has 39 heavy (non-hydrogen) atoms. The molecule has 0 aliphatic heterocycles. The standard InChI is InChI=1S/C32H32BrClN2O3/c1-2-3-19-35-32(38)28(20-23-9-5-4-6-10-23)36(21-24-13-16-26(34)17-14-24)30(37)22-39-29-18-15-25-11-7-8-12-27(25)31(29)33/h4-18,28H,2-3,19-22H2,1H3,(H,35,38)/t28-/m0/s1. The molecule has 4 aromatic carbocycles. The number of nitrogens with one attached hydrogen (secondary N) is 1. The summed E-state index contributed by atoms with van der Waals surface area (Å²) in [5.74, 6) is 0.110. The predicted molar refractivity (Wildman–Crippen MR) is 161 cm³/mol. The van der Waals surface area contributed by atoms with E-state index in [9.17, 15) is 9.59 Å². The SMILES string of the molecule is CCCCNC(=O)[C@H](Cc1ccccc1)N(Cc1ccc(Cl)cc1)C(=O)COc1ccc2ccccc2c1Br. The van der Waals surface area contributed by atoms with E-state index in [1.807, 2.05) is 78.9 Å². The summed E-state index contributed by atoms with van der Waals surface area (Å²) in [4.78, 5) is 28.9. The fraction of sp³-hybridized carbons (Fsp3) is 0.250. The van der Waals surface area contributed by atoms with E-state index in [2.05, 4.69) is 28.2 Å². The Morgan fingerprint density at radius 2 is 1.64 bits per heavy atom. The number of carbonyl (C=O) groups is 2. The van der Waals surface area contributed by atoms with Gasteiger partial charge in [0.2, 0.25) is 5.91 Å². The molecule has 4 aromatic rings. The molecule has 202 valence electrons. The van der Waals surface area contributed by atoms with Crippen LogP contribution in [-0.4, -0.2) is 35.9 Å². The Kier molecular flexibility index (Phi) is 10.4. The molecule has 0 aromatic heterocycles. The maximum atomic E-state index is 13.8. The van der Waals surface area contributed by atoms with Gasteiger partial charge in [-0.15, -0.1) is 0 Å². The summed E-state index contributed by atoms with van der Waals surface area (Å²) in [6, 6.07) is 28.1. The van der Waals surface area contributed by atoms with Gasteiger partial charge in [0.05, 0.1) is 4.47 Å². The highest BCUT2D eigenvalue weighted by Crippen LogP contribution is 2.33. The van der Waals surface area contributed by atoms with E-state index >= 15 is 0 Å². The van der Waals surface area contributed by atoms with Crippen LogP contribution >= 0.6 is 27.5 Å². The second kappa shape index (κ2) is 14.2. The number of benzene rings is 4. The lowest BCUT2D eigenvalue weighted by Gasteiger charge is -2.31. The van der Waals surface area contributed by atoms with Crippen LogP contribution in [0.5, 0.6) is 5.75 Å². The lowest BCUT2D eigenvalue weighted by atomic mass is 10.0. The first kappa shape index (κ1) is 28.7. The smallest absolute Gasteiger partial charge is 0.261 e. The van der Waals surface area contributed by atoms with Crippen LogP contribution in [0.4, 0.5) is 0 Å². The van der Waals surface area contributed by atoms with Crippen molar-refractivity contribution >= 4 is 50.1 Å². The highest BCUT2D eigenvalue weighted by Gasteiger charge is 2.30. The molecular weight excluding hydrogens is 576 g/mol. The van der Waals surface area contributed by atoms with E-state index in [1.165, 1.54) is 0 Å². The fourth-order valence-electron chi connectivity index (χ4n) is 4.39. The molecule has 0 spiro atoms. The van der Waals surface area contributed by atoms with Gasteiger partial charge in [0.25, 0.3) is 5.91 Å². The average molecular weight is 608 g/mol. The van der Waals surface area contributed by atoms with Crippen molar-refractivity contribution in [1.29, 1.82) is 0 Å². The summed E-state index contributed by atoms with van der Waals surface area (Å²) >= 11 is 9.74. The Balaban J connectivity index is 1.61. The molecule has 2 amide bonds. The zero-order valence-corrected chi connectivity index (χ0v) is 24.3. The summed E-state index contributed by atoms with van der Waals surface area (Å²) in [6.07, 6.45) is 2.22. The normalized spacial score (nSPS) is 11.7. The number of rotatable bonds is 12. The predicted octanol–water partition coefficient (Wildman–Crippen LogP) is 7.19. The largest absolute Gasteiger partial charge is 0.483 e. The van der Waals surface area contributed by atoms with Crippen LogP contribution in [-0.2, 0) is 22.6 Å². The highest BCUT2D eigenvalue weighted by molar-refractivity contribution is 9.10. The lowest BCUT2D eigenvalue weighted by Crippen LogP contribution is -2.51. The van der Waals surface area contributed by atoms with Gasteiger partial charge in [-0.2, -0.15) is 0 Å². The second-order valence-electron chi connectivity index (χ2n) is 9.39. The van der Waals surface area contributed by atoms with Crippen molar-refractivity contribution in [3.8, 4) is 5.75 Å². The van der Waals surface area contributed by atoms with Crippen molar-refractivity contribution < 1.29 is 14.3 Å². The summed E-state index contributed by atoms with van der Waals surface area (Å²) in [5.41, 5.74) is 1.85. The van der Waals surface area contributed by atoms with Gasteiger partial charge in [-0.1, -0.05) is 97.7 Å². The summed E-state index contributed by atoms with van der Waals surface area (Å²) in [7, 11) is 0. The van der Waals surface area contributed by atoms with Crippen molar-refractivity contribution in [3.63, 3.8) is 0 Å². The number of nitrogens with zero attached hydrogens (tertiary/aromatic N) is 1. The van der Waals surface area contributed by atoms with Crippen LogP contribution in [0.1, 0.15) is 30.9 Å². The van der Waals surface area contributed by atoms with Crippen molar-refractivity contribution in [3.05, 3.63) is 112 Å². The van der Waals surface area contributed by atoms with Crippen LogP contribution in [0, 0.1) is 0 Å². The summed E-state index contributed by atoms with van der Waals surface area (Å²) in [5, 5.41) is 5.71. The van der Waals surface area contributed by atoms with Gasteiger partial charge in [-0.05, 0) is 62.4 Å². The number of unbranched alkanes of at least 4 members (excludes halogenated alkanes) is 1. The topological polar surface area (TPSA) is 58.6 Å². The van der Waals surface area contributed by atoms with Crippen molar-refractivity contribution in [1.82, 2.24) is 10.2 Å². The van der Waals surface area contributed by atoms with E-state index in [0.29, 0.717) is 23.7 Å². The average Bonchev–Trinajstić information content (AvgIpc) is 2.96. The van der Waals surface area contributed by atoms with Crippen molar-refractivity contribution in [2.45, 2.75) is 38.8 Å². The molecule has 0 fully saturated rings. The number of amides is 2. The third-order valence-corrected chi connectivity index (χ3v) is 7.62. The maximum Gasteiger partial charge on any atom is 0.261 e. The number of hydrogen-bond donors (Lipinski definition) is 1. The second-order valence-corrected chi connectivity index (χ2v) is 10.6. The number of fused-ring (bicyclic) bond motifs is 1. The van der Waals surface area contributed by atoms with Gasteiger partial charge in [-0.25, -0.2) is 0 Å².